The van der Waals surface area contributed by atoms with Crippen molar-refractivity contribution in [1.29, 1.82) is 0 Å². The number of hydrogen-bond acceptors (Lipinski definition) is 3. The highest BCUT2D eigenvalue weighted by atomic mass is 16.1. The first-order valence-electron chi connectivity index (χ1n) is 7.48. The van der Waals surface area contributed by atoms with E-state index in [1.807, 2.05) is 66.9 Å². The van der Waals surface area contributed by atoms with Gasteiger partial charge >= 0.3 is 0 Å². The van der Waals surface area contributed by atoms with E-state index in [0.717, 1.165) is 16.8 Å². The Kier molecular flexibility index (Phi) is 4.19. The smallest absolute Gasteiger partial charge is 0.244 e. The van der Waals surface area contributed by atoms with Crippen LogP contribution in [0.2, 0.25) is 0 Å². The molecule has 3 rings (SSSR count). The molecule has 5 nitrogen and oxygen atoms in total. The van der Waals surface area contributed by atoms with Crippen LogP contribution in [0.4, 0.5) is 0 Å². The van der Waals surface area contributed by atoms with Crippen molar-refractivity contribution in [1.82, 2.24) is 19.9 Å². The van der Waals surface area contributed by atoms with Crippen molar-refractivity contribution in [3.05, 3.63) is 71.7 Å². The monoisotopic (exact) mass is 306 g/mol. The van der Waals surface area contributed by atoms with Crippen LogP contribution in [0.5, 0.6) is 0 Å². The number of rotatable bonds is 4. The second kappa shape index (κ2) is 6.44. The van der Waals surface area contributed by atoms with Gasteiger partial charge in [0.15, 0.2) is 11.5 Å². The number of nitrogens with zero attached hydrogens (tertiary/aromatic N) is 3. The van der Waals surface area contributed by atoms with E-state index < -0.39 is 0 Å². The van der Waals surface area contributed by atoms with Gasteiger partial charge in [-0.05, 0) is 37.6 Å². The summed E-state index contributed by atoms with van der Waals surface area (Å²) in [6, 6.07) is 13.4. The molecule has 0 fully saturated rings. The van der Waals surface area contributed by atoms with E-state index in [0.29, 0.717) is 5.82 Å². The third kappa shape index (κ3) is 3.45. The van der Waals surface area contributed by atoms with E-state index >= 15 is 0 Å². The molecule has 0 aliphatic carbocycles. The van der Waals surface area contributed by atoms with Crippen LogP contribution in [0.1, 0.15) is 29.9 Å². The molecule has 5 heteroatoms. The molecule has 2 heterocycles. The Labute approximate surface area is 134 Å². The standard InChI is InChI=1S/C18H18N4O/c1-13-6-5-7-15(12-13)9-10-17(23)19-14(2)18-21-20-16-8-3-4-11-22(16)18/h3-12,14H,1-2H3,(H,19,23)/b10-9+. The van der Waals surface area contributed by atoms with Crippen molar-refractivity contribution in [2.45, 2.75) is 19.9 Å². The minimum atomic E-state index is -0.234. The number of fused-ring (bicyclic) bond motifs is 1. The molecule has 1 unspecified atom stereocenters. The molecule has 0 saturated carbocycles. The molecular weight excluding hydrogens is 288 g/mol. The van der Waals surface area contributed by atoms with E-state index in [4.69, 9.17) is 0 Å². The molecule has 0 aliphatic heterocycles. The summed E-state index contributed by atoms with van der Waals surface area (Å²) >= 11 is 0. The van der Waals surface area contributed by atoms with Crippen LogP contribution >= 0.6 is 0 Å². The molecule has 1 N–H and O–H groups in total. The van der Waals surface area contributed by atoms with Crippen molar-refractivity contribution in [2.75, 3.05) is 0 Å². The Balaban J connectivity index is 1.70. The first-order valence-corrected chi connectivity index (χ1v) is 7.48. The predicted molar refractivity (Wildman–Crippen MR) is 89.8 cm³/mol. The summed E-state index contributed by atoms with van der Waals surface area (Å²) in [4.78, 5) is 12.1. The first-order chi connectivity index (χ1) is 11.1. The number of carbonyl (C=O) groups is 1. The van der Waals surface area contributed by atoms with Crippen molar-refractivity contribution >= 4 is 17.6 Å². The van der Waals surface area contributed by atoms with E-state index in [2.05, 4.69) is 15.5 Å². The van der Waals surface area contributed by atoms with Gasteiger partial charge in [0, 0.05) is 12.3 Å². The second-order valence-electron chi connectivity index (χ2n) is 5.46. The molecule has 0 bridgehead atoms. The molecule has 1 atom stereocenters. The van der Waals surface area contributed by atoms with Crippen LogP contribution in [0, 0.1) is 6.92 Å². The highest BCUT2D eigenvalue weighted by molar-refractivity contribution is 5.91. The lowest BCUT2D eigenvalue weighted by molar-refractivity contribution is -0.117. The summed E-state index contributed by atoms with van der Waals surface area (Å²) in [7, 11) is 0. The highest BCUT2D eigenvalue weighted by Gasteiger charge is 2.14. The summed E-state index contributed by atoms with van der Waals surface area (Å²) in [5.41, 5.74) is 2.93. The van der Waals surface area contributed by atoms with Gasteiger partial charge in [0.2, 0.25) is 5.91 Å². The normalized spacial score (nSPS) is 12.6. The van der Waals surface area contributed by atoms with Gasteiger partial charge in [-0.3, -0.25) is 9.20 Å². The fourth-order valence-corrected chi connectivity index (χ4v) is 2.43. The number of aryl methyl sites for hydroxylation is 1. The van der Waals surface area contributed by atoms with Crippen molar-refractivity contribution in [3.63, 3.8) is 0 Å². The van der Waals surface area contributed by atoms with Crippen molar-refractivity contribution in [2.24, 2.45) is 0 Å². The van der Waals surface area contributed by atoms with E-state index in [9.17, 15) is 4.79 Å². The summed E-state index contributed by atoms with van der Waals surface area (Å²) in [5.74, 6) is 0.546. The third-order valence-corrected chi connectivity index (χ3v) is 3.56. The Morgan fingerprint density at radius 2 is 2.09 bits per heavy atom. The first kappa shape index (κ1) is 15.0. The second-order valence-corrected chi connectivity index (χ2v) is 5.46. The molecule has 0 aliphatic rings. The van der Waals surface area contributed by atoms with Crippen LogP contribution in [-0.4, -0.2) is 20.5 Å². The van der Waals surface area contributed by atoms with Crippen LogP contribution in [-0.2, 0) is 4.79 Å². The molecule has 23 heavy (non-hydrogen) atoms. The lowest BCUT2D eigenvalue weighted by Gasteiger charge is -2.10. The number of pyridine rings is 1. The van der Waals surface area contributed by atoms with Crippen molar-refractivity contribution < 1.29 is 4.79 Å². The molecule has 0 spiro atoms. The van der Waals surface area contributed by atoms with E-state index in [1.54, 1.807) is 6.08 Å². The number of nitrogens with one attached hydrogen (secondary N) is 1. The number of carbonyl (C=O) groups excluding carboxylic acids is 1. The lowest BCUT2D eigenvalue weighted by Crippen LogP contribution is -2.26. The summed E-state index contributed by atoms with van der Waals surface area (Å²) in [5, 5.41) is 11.2. The molecule has 1 aromatic carbocycles. The van der Waals surface area contributed by atoms with Gasteiger partial charge in [-0.25, -0.2) is 0 Å². The van der Waals surface area contributed by atoms with E-state index in [1.165, 1.54) is 6.08 Å². The zero-order valence-corrected chi connectivity index (χ0v) is 13.1. The Bertz CT molecular complexity index is 866. The minimum absolute atomic E-state index is 0.160. The van der Waals surface area contributed by atoms with Crippen molar-refractivity contribution in [3.8, 4) is 0 Å². The predicted octanol–water partition coefficient (Wildman–Crippen LogP) is 2.93. The molecule has 3 aromatic rings. The average Bonchev–Trinajstić information content (AvgIpc) is 2.97. The maximum absolute atomic E-state index is 12.1. The van der Waals surface area contributed by atoms with Crippen LogP contribution < -0.4 is 5.32 Å². The van der Waals surface area contributed by atoms with Gasteiger partial charge in [0.1, 0.15) is 0 Å². The summed E-state index contributed by atoms with van der Waals surface area (Å²) < 4.78 is 1.87. The Morgan fingerprint density at radius 3 is 2.91 bits per heavy atom. The van der Waals surface area contributed by atoms with Crippen LogP contribution in [0.3, 0.4) is 0 Å². The zero-order valence-electron chi connectivity index (χ0n) is 13.1. The molecule has 1 amide bonds. The maximum Gasteiger partial charge on any atom is 0.244 e. The molecule has 0 saturated heterocycles. The van der Waals surface area contributed by atoms with Gasteiger partial charge in [-0.15, -0.1) is 10.2 Å². The molecule has 116 valence electrons. The SMILES string of the molecule is Cc1cccc(/C=C/C(=O)NC(C)c2nnc3ccccn23)c1. The average molecular weight is 306 g/mol. The van der Waals surface area contributed by atoms with Gasteiger partial charge in [0.25, 0.3) is 0 Å². The zero-order chi connectivity index (χ0) is 16.2. The highest BCUT2D eigenvalue weighted by Crippen LogP contribution is 2.12. The van der Waals surface area contributed by atoms with Gasteiger partial charge in [0.05, 0.1) is 6.04 Å². The number of hydrogen-bond donors (Lipinski definition) is 1. The number of benzene rings is 1. The fourth-order valence-electron chi connectivity index (χ4n) is 2.43. The van der Waals surface area contributed by atoms with Gasteiger partial charge < -0.3 is 5.32 Å². The molecule has 2 aromatic heterocycles. The van der Waals surface area contributed by atoms with Crippen LogP contribution in [0.25, 0.3) is 11.7 Å². The molecular formula is C18H18N4O. The summed E-state index contributed by atoms with van der Waals surface area (Å²) in [6.07, 6.45) is 5.22. The largest absolute Gasteiger partial charge is 0.343 e. The number of aromatic nitrogens is 3. The maximum atomic E-state index is 12.1. The molecule has 0 radical (unpaired) electrons. The Morgan fingerprint density at radius 1 is 1.22 bits per heavy atom. The fraction of sp³-hybridized carbons (Fsp3) is 0.167. The third-order valence-electron chi connectivity index (χ3n) is 3.56. The quantitative estimate of drug-likeness (QED) is 0.754. The topological polar surface area (TPSA) is 59.3 Å². The van der Waals surface area contributed by atoms with Gasteiger partial charge in [-0.2, -0.15) is 0 Å². The van der Waals surface area contributed by atoms with Crippen LogP contribution in [0.15, 0.2) is 54.7 Å². The minimum Gasteiger partial charge on any atom is -0.343 e. The van der Waals surface area contributed by atoms with Gasteiger partial charge in [-0.1, -0.05) is 35.9 Å². The lowest BCUT2D eigenvalue weighted by atomic mass is 10.1. The summed E-state index contributed by atoms with van der Waals surface area (Å²) in [6.45, 7) is 3.91. The van der Waals surface area contributed by atoms with E-state index in [-0.39, 0.29) is 11.9 Å². The number of amides is 1. The Hall–Kier alpha value is -2.95.